The van der Waals surface area contributed by atoms with E-state index in [1.165, 1.54) is 11.8 Å². The van der Waals surface area contributed by atoms with E-state index < -0.39 is 0 Å². The van der Waals surface area contributed by atoms with Gasteiger partial charge >= 0.3 is 0 Å². The highest BCUT2D eigenvalue weighted by Crippen LogP contribution is 2.22. The molecule has 1 atom stereocenters. The molecule has 1 heterocycles. The summed E-state index contributed by atoms with van der Waals surface area (Å²) >= 11 is 1.51. The van der Waals surface area contributed by atoms with Crippen LogP contribution in [0.3, 0.4) is 0 Å². The van der Waals surface area contributed by atoms with E-state index in [0.29, 0.717) is 25.3 Å². The zero-order valence-corrected chi connectivity index (χ0v) is 11.2. The van der Waals surface area contributed by atoms with Crippen molar-refractivity contribution in [1.82, 2.24) is 4.90 Å². The number of benzene rings is 1. The Labute approximate surface area is 111 Å². The predicted octanol–water partition coefficient (Wildman–Crippen LogP) is 1.38. The van der Waals surface area contributed by atoms with E-state index in [2.05, 4.69) is 0 Å². The number of carbonyl (C=O) groups is 1. The lowest BCUT2D eigenvalue weighted by Gasteiger charge is -2.15. The molecule has 0 aliphatic carbocycles. The molecular weight excluding hydrogens is 250 g/mol. The Morgan fingerprint density at radius 1 is 1.50 bits per heavy atom. The molecule has 2 rings (SSSR count). The molecule has 18 heavy (non-hydrogen) atoms. The first-order valence-electron chi connectivity index (χ1n) is 5.91. The second-order valence-electron chi connectivity index (χ2n) is 4.25. The summed E-state index contributed by atoms with van der Waals surface area (Å²) in [5.74, 6) is 1.32. The van der Waals surface area contributed by atoms with Crippen LogP contribution in [0.15, 0.2) is 29.2 Å². The molecule has 0 spiro atoms. The lowest BCUT2D eigenvalue weighted by atomic mass is 10.3. The third-order valence-electron chi connectivity index (χ3n) is 2.94. The smallest absolute Gasteiger partial charge is 0.233 e. The van der Waals surface area contributed by atoms with Crippen LogP contribution in [0.2, 0.25) is 0 Å². The number of nitrogens with zero attached hydrogens (tertiary/aromatic N) is 1. The number of hydrogen-bond acceptors (Lipinski definition) is 4. The maximum Gasteiger partial charge on any atom is 0.233 e. The zero-order chi connectivity index (χ0) is 13.0. The Balaban J connectivity index is 1.81. The lowest BCUT2D eigenvalue weighted by molar-refractivity contribution is -0.127. The van der Waals surface area contributed by atoms with Crippen LogP contribution in [0, 0.1) is 0 Å². The topological polar surface area (TPSA) is 49.8 Å². The molecule has 1 saturated heterocycles. The molecule has 1 aliphatic rings. The molecular formula is C13H17NO3S. The van der Waals surface area contributed by atoms with Gasteiger partial charge < -0.3 is 14.7 Å². The Kier molecular flexibility index (Phi) is 4.49. The number of hydrogen-bond donors (Lipinski definition) is 1. The Bertz CT molecular complexity index is 407. The van der Waals surface area contributed by atoms with Crippen LogP contribution in [0.1, 0.15) is 6.42 Å². The maximum absolute atomic E-state index is 11.9. The highest BCUT2D eigenvalue weighted by atomic mass is 32.2. The fourth-order valence-electron chi connectivity index (χ4n) is 1.88. The van der Waals surface area contributed by atoms with Crippen molar-refractivity contribution in [3.63, 3.8) is 0 Å². The highest BCUT2D eigenvalue weighted by molar-refractivity contribution is 8.00. The van der Waals surface area contributed by atoms with Crippen molar-refractivity contribution in [2.45, 2.75) is 17.4 Å². The van der Waals surface area contributed by atoms with Gasteiger partial charge in [-0.1, -0.05) is 0 Å². The minimum Gasteiger partial charge on any atom is -0.497 e. The van der Waals surface area contributed by atoms with Crippen molar-refractivity contribution in [1.29, 1.82) is 0 Å². The molecule has 1 fully saturated rings. The van der Waals surface area contributed by atoms with Gasteiger partial charge in [0.15, 0.2) is 0 Å². The number of amides is 1. The molecule has 0 aromatic heterocycles. The van der Waals surface area contributed by atoms with Gasteiger partial charge in [-0.2, -0.15) is 0 Å². The number of ether oxygens (including phenoxy) is 1. The van der Waals surface area contributed by atoms with E-state index in [1.807, 2.05) is 24.3 Å². The number of thioether (sulfide) groups is 1. The SMILES string of the molecule is COc1ccc(SCC(=O)N2CC[C@H](O)C2)cc1. The van der Waals surface area contributed by atoms with Crippen molar-refractivity contribution < 1.29 is 14.6 Å². The van der Waals surface area contributed by atoms with Crippen molar-refractivity contribution in [2.24, 2.45) is 0 Å². The summed E-state index contributed by atoms with van der Waals surface area (Å²) in [6, 6.07) is 7.64. The van der Waals surface area contributed by atoms with Gasteiger partial charge in [0.05, 0.1) is 19.0 Å². The molecule has 0 bridgehead atoms. The number of likely N-dealkylation sites (tertiary alicyclic amines) is 1. The fraction of sp³-hybridized carbons (Fsp3) is 0.462. The summed E-state index contributed by atoms with van der Waals surface area (Å²) in [4.78, 5) is 14.6. The monoisotopic (exact) mass is 267 g/mol. The van der Waals surface area contributed by atoms with Crippen LogP contribution in [0.4, 0.5) is 0 Å². The molecule has 98 valence electrons. The van der Waals surface area contributed by atoms with Crippen LogP contribution < -0.4 is 4.74 Å². The summed E-state index contributed by atoms with van der Waals surface area (Å²) < 4.78 is 5.08. The molecule has 1 aromatic carbocycles. The minimum atomic E-state index is -0.347. The molecule has 5 heteroatoms. The van der Waals surface area contributed by atoms with Gasteiger partial charge in [-0.25, -0.2) is 0 Å². The molecule has 1 N–H and O–H groups in total. The second-order valence-corrected chi connectivity index (χ2v) is 5.30. The van der Waals surface area contributed by atoms with Gasteiger partial charge in [0.2, 0.25) is 5.91 Å². The third kappa shape index (κ3) is 3.40. The predicted molar refractivity (Wildman–Crippen MR) is 70.9 cm³/mol. The largest absolute Gasteiger partial charge is 0.497 e. The summed E-state index contributed by atoms with van der Waals surface area (Å²) in [5.41, 5.74) is 0. The fourth-order valence-corrected chi connectivity index (χ4v) is 2.68. The van der Waals surface area contributed by atoms with Crippen LogP contribution in [-0.4, -0.2) is 48.0 Å². The Morgan fingerprint density at radius 2 is 2.22 bits per heavy atom. The maximum atomic E-state index is 11.9. The van der Waals surface area contributed by atoms with E-state index in [-0.39, 0.29) is 12.0 Å². The summed E-state index contributed by atoms with van der Waals surface area (Å²) in [6.07, 6.45) is 0.346. The lowest BCUT2D eigenvalue weighted by Crippen LogP contribution is -2.30. The first kappa shape index (κ1) is 13.2. The average Bonchev–Trinajstić information content (AvgIpc) is 2.83. The van der Waals surface area contributed by atoms with Crippen molar-refractivity contribution in [3.05, 3.63) is 24.3 Å². The molecule has 1 amide bonds. The van der Waals surface area contributed by atoms with Crippen LogP contribution in [0.5, 0.6) is 5.75 Å². The van der Waals surface area contributed by atoms with E-state index in [4.69, 9.17) is 4.74 Å². The number of aliphatic hydroxyl groups is 1. The van der Waals surface area contributed by atoms with Gasteiger partial charge in [0.1, 0.15) is 5.75 Å². The van der Waals surface area contributed by atoms with E-state index in [0.717, 1.165) is 10.6 Å². The number of aliphatic hydroxyl groups excluding tert-OH is 1. The van der Waals surface area contributed by atoms with Crippen LogP contribution in [-0.2, 0) is 4.79 Å². The molecule has 0 unspecified atom stereocenters. The Morgan fingerprint density at radius 3 is 2.78 bits per heavy atom. The van der Waals surface area contributed by atoms with Gasteiger partial charge in [0.25, 0.3) is 0 Å². The summed E-state index contributed by atoms with van der Waals surface area (Å²) in [5, 5.41) is 9.38. The van der Waals surface area contributed by atoms with Gasteiger partial charge in [-0.15, -0.1) is 11.8 Å². The number of β-amino-alcohol motifs (C(OH)–C–C–N with tert-alkyl or cyclic N) is 1. The van der Waals surface area contributed by atoms with Gasteiger partial charge in [-0.05, 0) is 30.7 Å². The first-order valence-corrected chi connectivity index (χ1v) is 6.90. The molecule has 1 aromatic rings. The Hall–Kier alpha value is -1.20. The summed E-state index contributed by atoms with van der Waals surface area (Å²) in [7, 11) is 1.63. The number of methoxy groups -OCH3 is 1. The number of rotatable bonds is 4. The molecule has 0 radical (unpaired) electrons. The van der Waals surface area contributed by atoms with Gasteiger partial charge in [0, 0.05) is 18.0 Å². The van der Waals surface area contributed by atoms with Crippen LogP contribution in [0.25, 0.3) is 0 Å². The average molecular weight is 267 g/mol. The van der Waals surface area contributed by atoms with Crippen molar-refractivity contribution in [2.75, 3.05) is 26.0 Å². The van der Waals surface area contributed by atoms with Gasteiger partial charge in [-0.3, -0.25) is 4.79 Å². The minimum absolute atomic E-state index is 0.0902. The molecule has 0 saturated carbocycles. The van der Waals surface area contributed by atoms with Crippen LogP contribution >= 0.6 is 11.8 Å². The van der Waals surface area contributed by atoms with E-state index in [9.17, 15) is 9.90 Å². The second kappa shape index (κ2) is 6.11. The van der Waals surface area contributed by atoms with E-state index in [1.54, 1.807) is 12.0 Å². The van der Waals surface area contributed by atoms with Crippen molar-refractivity contribution >= 4 is 17.7 Å². The number of carbonyl (C=O) groups excluding carboxylic acids is 1. The summed E-state index contributed by atoms with van der Waals surface area (Å²) in [6.45, 7) is 1.14. The van der Waals surface area contributed by atoms with E-state index >= 15 is 0 Å². The zero-order valence-electron chi connectivity index (χ0n) is 10.3. The van der Waals surface area contributed by atoms with Crippen molar-refractivity contribution in [3.8, 4) is 5.75 Å². The standard InChI is InChI=1S/C13H17NO3S/c1-17-11-2-4-12(5-3-11)18-9-13(16)14-7-6-10(15)8-14/h2-5,10,15H,6-9H2,1H3/t10-/m0/s1. The normalized spacial score (nSPS) is 19.0. The molecule has 4 nitrogen and oxygen atoms in total. The third-order valence-corrected chi connectivity index (χ3v) is 3.93. The highest BCUT2D eigenvalue weighted by Gasteiger charge is 2.24. The molecule has 1 aliphatic heterocycles. The first-order chi connectivity index (χ1) is 8.69. The quantitative estimate of drug-likeness (QED) is 0.837.